The van der Waals surface area contributed by atoms with Crippen LogP contribution < -0.4 is 3.58 Å². The first-order chi connectivity index (χ1) is 16.1. The molecule has 4 heterocycles. The van der Waals surface area contributed by atoms with Gasteiger partial charge in [-0.2, -0.15) is 0 Å². The molecule has 0 aliphatic rings. The standard InChI is InChI=1S/C22H14FN4O2S.3CH3.Sn/c1-14-4-6-17(7-5-14)30(28,29)27-21-13-25-20(15-3-2-8-24-11-15)10-18(21)19-9-16(23)12-26-22(19)27;;;;/h2-8,10-13H,1H3;3*1H3;. The Morgan fingerprint density at radius 1 is 0.971 bits per heavy atom. The van der Waals surface area contributed by atoms with Crippen LogP contribution in [0.5, 0.6) is 0 Å². The number of aryl methyl sites for hydroxylation is 1. The zero-order valence-corrected chi connectivity index (χ0v) is 22.9. The molecule has 0 spiro atoms. The number of hydrogen-bond donors (Lipinski definition) is 0. The second-order valence-electron chi connectivity index (χ2n) is 9.34. The second kappa shape index (κ2) is 8.13. The van der Waals surface area contributed by atoms with E-state index in [0.717, 1.165) is 17.3 Å². The molecule has 172 valence electrons. The van der Waals surface area contributed by atoms with Crippen LogP contribution >= 0.6 is 0 Å². The van der Waals surface area contributed by atoms with E-state index in [1.54, 1.807) is 36.7 Å². The van der Waals surface area contributed by atoms with Crippen molar-refractivity contribution >= 4 is 53.9 Å². The van der Waals surface area contributed by atoms with E-state index in [9.17, 15) is 8.42 Å². The van der Waals surface area contributed by atoms with Crippen LogP contribution in [0.15, 0.2) is 72.1 Å². The maximum absolute atomic E-state index is 15.2. The fraction of sp³-hybridized carbons (Fsp3) is 0.160. The van der Waals surface area contributed by atoms with Gasteiger partial charge in [0.15, 0.2) is 0 Å². The third-order valence-corrected chi connectivity index (χ3v) is 13.2. The molecule has 1 aromatic carbocycles. The molecule has 0 radical (unpaired) electrons. The van der Waals surface area contributed by atoms with Gasteiger partial charge in [-0.25, -0.2) is 0 Å². The normalized spacial score (nSPS) is 12.5. The Labute approximate surface area is 201 Å². The summed E-state index contributed by atoms with van der Waals surface area (Å²) in [6, 6.07) is 12.2. The molecule has 5 aromatic rings. The van der Waals surface area contributed by atoms with Crippen molar-refractivity contribution in [3.63, 3.8) is 0 Å². The number of rotatable bonds is 4. The van der Waals surface area contributed by atoms with Crippen LogP contribution in [0, 0.1) is 12.7 Å². The van der Waals surface area contributed by atoms with Gasteiger partial charge in [0.05, 0.1) is 0 Å². The number of pyridine rings is 3. The molecule has 34 heavy (non-hydrogen) atoms. The van der Waals surface area contributed by atoms with Gasteiger partial charge in [-0.3, -0.25) is 0 Å². The van der Waals surface area contributed by atoms with E-state index in [4.69, 9.17) is 0 Å². The molecule has 0 unspecified atom stereocenters. The van der Waals surface area contributed by atoms with Crippen molar-refractivity contribution < 1.29 is 12.8 Å². The molecule has 0 aliphatic heterocycles. The number of fused-ring (bicyclic) bond motifs is 3. The molecule has 9 heteroatoms. The SMILES string of the molecule is Cc1ccc(S(=O)(=O)n2c3cnc(-c4cccnc4)cc3c3[c]([Sn]([CH3])([CH3])[CH3])c(F)cnc32)cc1. The van der Waals surface area contributed by atoms with Crippen molar-refractivity contribution in [3.8, 4) is 11.3 Å². The Morgan fingerprint density at radius 3 is 2.35 bits per heavy atom. The summed E-state index contributed by atoms with van der Waals surface area (Å²) in [6.45, 7) is 1.90. The van der Waals surface area contributed by atoms with Crippen molar-refractivity contribution in [3.05, 3.63) is 78.6 Å². The van der Waals surface area contributed by atoms with E-state index in [0.29, 0.717) is 25.6 Å². The number of hydrogen-bond acceptors (Lipinski definition) is 5. The average molecular weight is 581 g/mol. The number of benzene rings is 1. The minimum absolute atomic E-state index is 0.139. The first-order valence-electron chi connectivity index (χ1n) is 10.8. The predicted octanol–water partition coefficient (Wildman–Crippen LogP) is 4.88. The van der Waals surface area contributed by atoms with Crippen LogP contribution in [0.25, 0.3) is 33.2 Å². The van der Waals surface area contributed by atoms with Crippen molar-refractivity contribution in [2.24, 2.45) is 0 Å². The van der Waals surface area contributed by atoms with Crippen molar-refractivity contribution in [2.75, 3.05) is 0 Å². The van der Waals surface area contributed by atoms with E-state index < -0.39 is 28.4 Å². The van der Waals surface area contributed by atoms with E-state index in [-0.39, 0.29) is 16.4 Å². The molecular weight excluding hydrogens is 558 g/mol. The van der Waals surface area contributed by atoms with E-state index in [1.807, 2.05) is 25.1 Å². The molecule has 0 fully saturated rings. The Bertz CT molecular complexity index is 1660. The van der Waals surface area contributed by atoms with Gasteiger partial charge >= 0.3 is 202 Å². The third kappa shape index (κ3) is 3.69. The van der Waals surface area contributed by atoms with Crippen LogP contribution in [0.3, 0.4) is 0 Å². The van der Waals surface area contributed by atoms with Crippen molar-refractivity contribution in [1.29, 1.82) is 0 Å². The molecule has 0 bridgehead atoms. The number of aromatic nitrogens is 4. The molecule has 6 nitrogen and oxygen atoms in total. The summed E-state index contributed by atoms with van der Waals surface area (Å²) < 4.78 is 44.8. The van der Waals surface area contributed by atoms with Gasteiger partial charge in [0.2, 0.25) is 0 Å². The van der Waals surface area contributed by atoms with Crippen LogP contribution in [0.2, 0.25) is 14.8 Å². The minimum atomic E-state index is -4.02. The summed E-state index contributed by atoms with van der Waals surface area (Å²) in [4.78, 5) is 19.5. The summed E-state index contributed by atoms with van der Waals surface area (Å²) in [5.41, 5.74) is 2.97. The van der Waals surface area contributed by atoms with Crippen LogP contribution in [0.1, 0.15) is 5.56 Å². The zero-order chi connectivity index (χ0) is 24.3. The summed E-state index contributed by atoms with van der Waals surface area (Å²) in [5.74, 6) is -0.387. The quantitative estimate of drug-likeness (QED) is 0.283. The van der Waals surface area contributed by atoms with E-state index in [1.165, 1.54) is 10.2 Å². The maximum atomic E-state index is 15.2. The van der Waals surface area contributed by atoms with Crippen LogP contribution in [-0.2, 0) is 10.0 Å². The second-order valence-corrected chi connectivity index (χ2v) is 25.4. The Kier molecular flexibility index (Phi) is 5.48. The van der Waals surface area contributed by atoms with Gasteiger partial charge in [-0.1, -0.05) is 0 Å². The number of halogens is 1. The third-order valence-electron chi connectivity index (χ3n) is 5.84. The summed E-state index contributed by atoms with van der Waals surface area (Å²) >= 11 is -3.09. The Hall–Kier alpha value is -2.85. The van der Waals surface area contributed by atoms with Gasteiger partial charge in [-0.05, 0) is 0 Å². The van der Waals surface area contributed by atoms with Crippen molar-refractivity contribution in [1.82, 2.24) is 18.9 Å². The predicted molar refractivity (Wildman–Crippen MR) is 135 cm³/mol. The molecule has 0 saturated heterocycles. The summed E-state index contributed by atoms with van der Waals surface area (Å²) in [7, 11) is -4.02. The molecule has 0 atom stereocenters. The molecule has 5 rings (SSSR count). The fourth-order valence-electron chi connectivity index (χ4n) is 4.28. The van der Waals surface area contributed by atoms with E-state index >= 15 is 4.39 Å². The fourth-order valence-corrected chi connectivity index (χ4v) is 10.8. The molecule has 0 amide bonds. The Morgan fingerprint density at radius 2 is 1.71 bits per heavy atom. The first-order valence-corrected chi connectivity index (χ1v) is 22.2. The van der Waals surface area contributed by atoms with Crippen molar-refractivity contribution in [2.45, 2.75) is 26.6 Å². The van der Waals surface area contributed by atoms with Gasteiger partial charge < -0.3 is 0 Å². The van der Waals surface area contributed by atoms with Crippen LogP contribution in [0.4, 0.5) is 4.39 Å². The Balaban J connectivity index is 1.94. The molecule has 0 N–H and O–H groups in total. The van der Waals surface area contributed by atoms with Gasteiger partial charge in [0, 0.05) is 0 Å². The zero-order valence-electron chi connectivity index (χ0n) is 19.2. The molecular formula is C25H23FN4O2SSn. The topological polar surface area (TPSA) is 77.7 Å². The van der Waals surface area contributed by atoms with Gasteiger partial charge in [0.1, 0.15) is 0 Å². The van der Waals surface area contributed by atoms with Gasteiger partial charge in [0.25, 0.3) is 0 Å². The number of nitrogens with zero attached hydrogens (tertiary/aromatic N) is 4. The molecule has 4 aromatic heterocycles. The molecule has 0 aliphatic carbocycles. The van der Waals surface area contributed by atoms with Crippen LogP contribution in [-0.4, -0.2) is 45.7 Å². The monoisotopic (exact) mass is 582 g/mol. The summed E-state index contributed by atoms with van der Waals surface area (Å²) in [6.07, 6.45) is 6.05. The van der Waals surface area contributed by atoms with E-state index in [2.05, 4.69) is 29.8 Å². The van der Waals surface area contributed by atoms with Gasteiger partial charge in [-0.15, -0.1) is 0 Å². The molecule has 0 saturated carbocycles. The summed E-state index contributed by atoms with van der Waals surface area (Å²) in [5, 5.41) is 1.18. The first kappa shape index (κ1) is 22.9. The average Bonchev–Trinajstić information content (AvgIpc) is 3.13.